The molecule has 0 atom stereocenters. The summed E-state index contributed by atoms with van der Waals surface area (Å²) >= 11 is 0. The zero-order valence-electron chi connectivity index (χ0n) is 12.8. The average molecular weight is 329 g/mol. The summed E-state index contributed by atoms with van der Waals surface area (Å²) in [5.74, 6) is -2.03. The second kappa shape index (κ2) is 6.37. The first-order valence-electron chi connectivity index (χ1n) is 7.52. The second-order valence-corrected chi connectivity index (χ2v) is 5.67. The van der Waals surface area contributed by atoms with Gasteiger partial charge in [-0.15, -0.1) is 0 Å². The molecule has 0 saturated heterocycles. The molecule has 124 valence electrons. The third-order valence-corrected chi connectivity index (χ3v) is 3.86. The second-order valence-electron chi connectivity index (χ2n) is 5.67. The molecule has 1 aromatic heterocycles. The van der Waals surface area contributed by atoms with Crippen LogP contribution >= 0.6 is 0 Å². The zero-order chi connectivity index (χ0) is 17.3. The van der Waals surface area contributed by atoms with Crippen LogP contribution in [0.5, 0.6) is 0 Å². The summed E-state index contributed by atoms with van der Waals surface area (Å²) in [5, 5.41) is 11.7. The summed E-state index contributed by atoms with van der Waals surface area (Å²) in [5.41, 5.74) is 6.81. The van der Waals surface area contributed by atoms with E-state index in [0.717, 1.165) is 18.9 Å². The normalized spacial score (nSPS) is 13.6. The molecule has 3 rings (SSSR count). The Labute approximate surface area is 137 Å². The number of amides is 1. The van der Waals surface area contributed by atoms with Crippen molar-refractivity contribution in [2.75, 3.05) is 0 Å². The van der Waals surface area contributed by atoms with Crippen LogP contribution in [0.25, 0.3) is 11.3 Å². The first-order chi connectivity index (χ1) is 11.5. The molecule has 6 nitrogen and oxygen atoms in total. The first kappa shape index (κ1) is 16.1. The lowest BCUT2D eigenvalue weighted by Gasteiger charge is -2.12. The van der Waals surface area contributed by atoms with E-state index in [0.29, 0.717) is 11.3 Å². The SMILES string of the molecule is NCc1c(F)cc(C(=O)NC2CC2)cc1-c1ccc(C(=O)O)cn1. The van der Waals surface area contributed by atoms with Gasteiger partial charge in [0, 0.05) is 35.5 Å². The highest BCUT2D eigenvalue weighted by molar-refractivity contribution is 5.96. The standard InChI is InChI=1S/C17H16FN3O3/c18-14-6-10(16(22)21-11-2-3-11)5-12(13(14)7-19)15-4-1-9(8-20-15)17(23)24/h1,4-6,8,11H,2-3,7,19H2,(H,21,22)(H,23,24). The topological polar surface area (TPSA) is 105 Å². The lowest BCUT2D eigenvalue weighted by atomic mass is 9.99. The highest BCUT2D eigenvalue weighted by atomic mass is 19.1. The molecule has 7 heteroatoms. The van der Waals surface area contributed by atoms with Gasteiger partial charge < -0.3 is 16.2 Å². The van der Waals surface area contributed by atoms with Crippen molar-refractivity contribution in [3.8, 4) is 11.3 Å². The Bertz CT molecular complexity index is 801. The molecule has 1 aromatic carbocycles. The molecule has 1 amide bonds. The average Bonchev–Trinajstić information content (AvgIpc) is 3.38. The van der Waals surface area contributed by atoms with E-state index in [-0.39, 0.29) is 35.2 Å². The predicted octanol–water partition coefficient (Wildman–Crippen LogP) is 1.94. The fraction of sp³-hybridized carbons (Fsp3) is 0.235. The number of aromatic carboxylic acids is 1. The van der Waals surface area contributed by atoms with Gasteiger partial charge in [-0.1, -0.05) is 0 Å². The lowest BCUT2D eigenvalue weighted by molar-refractivity contribution is 0.0696. The van der Waals surface area contributed by atoms with Gasteiger partial charge >= 0.3 is 5.97 Å². The molecule has 1 aliphatic carbocycles. The molecule has 0 spiro atoms. The lowest BCUT2D eigenvalue weighted by Crippen LogP contribution is -2.25. The summed E-state index contributed by atoms with van der Waals surface area (Å²) in [6.45, 7) is -0.0615. The third-order valence-electron chi connectivity index (χ3n) is 3.86. The Hall–Kier alpha value is -2.80. The molecule has 0 bridgehead atoms. The Balaban J connectivity index is 2.01. The van der Waals surface area contributed by atoms with E-state index in [2.05, 4.69) is 10.3 Å². The minimum Gasteiger partial charge on any atom is -0.478 e. The molecule has 1 fully saturated rings. The van der Waals surface area contributed by atoms with Gasteiger partial charge in [-0.3, -0.25) is 9.78 Å². The van der Waals surface area contributed by atoms with Crippen LogP contribution < -0.4 is 11.1 Å². The van der Waals surface area contributed by atoms with Crippen molar-refractivity contribution in [3.63, 3.8) is 0 Å². The fourth-order valence-electron chi connectivity index (χ4n) is 2.38. The first-order valence-corrected chi connectivity index (χ1v) is 7.52. The molecular formula is C17H16FN3O3. The van der Waals surface area contributed by atoms with Crippen molar-refractivity contribution in [3.05, 3.63) is 53.0 Å². The van der Waals surface area contributed by atoms with E-state index >= 15 is 0 Å². The number of carboxylic acid groups (broad SMARTS) is 1. The van der Waals surface area contributed by atoms with E-state index in [4.69, 9.17) is 10.8 Å². The van der Waals surface area contributed by atoms with Crippen LogP contribution in [0.4, 0.5) is 4.39 Å². The van der Waals surface area contributed by atoms with Crippen LogP contribution in [-0.2, 0) is 6.54 Å². The maximum Gasteiger partial charge on any atom is 0.337 e. The number of halogens is 1. The Morgan fingerprint density at radius 1 is 1.29 bits per heavy atom. The van der Waals surface area contributed by atoms with E-state index in [9.17, 15) is 14.0 Å². The monoisotopic (exact) mass is 329 g/mol. The Morgan fingerprint density at radius 2 is 2.04 bits per heavy atom. The van der Waals surface area contributed by atoms with Crippen LogP contribution in [0.3, 0.4) is 0 Å². The highest BCUT2D eigenvalue weighted by Crippen LogP contribution is 2.27. The van der Waals surface area contributed by atoms with E-state index in [1.165, 1.54) is 24.4 Å². The van der Waals surface area contributed by atoms with Gasteiger partial charge in [0.25, 0.3) is 5.91 Å². The Morgan fingerprint density at radius 3 is 2.58 bits per heavy atom. The van der Waals surface area contributed by atoms with Gasteiger partial charge in [0.2, 0.25) is 0 Å². The van der Waals surface area contributed by atoms with Gasteiger partial charge in [-0.2, -0.15) is 0 Å². The Kier molecular flexibility index (Phi) is 4.26. The number of aromatic nitrogens is 1. The number of carboxylic acids is 1. The molecular weight excluding hydrogens is 313 g/mol. The maximum atomic E-state index is 14.3. The summed E-state index contributed by atoms with van der Waals surface area (Å²) in [6.07, 6.45) is 3.05. The van der Waals surface area contributed by atoms with Crippen molar-refractivity contribution < 1.29 is 19.1 Å². The molecule has 1 aliphatic rings. The van der Waals surface area contributed by atoms with Crippen molar-refractivity contribution in [1.82, 2.24) is 10.3 Å². The number of hydrogen-bond donors (Lipinski definition) is 3. The van der Waals surface area contributed by atoms with Crippen LogP contribution in [0.15, 0.2) is 30.5 Å². The van der Waals surface area contributed by atoms with Crippen LogP contribution in [0.1, 0.15) is 39.1 Å². The number of rotatable bonds is 5. The molecule has 0 radical (unpaired) electrons. The minimum absolute atomic E-state index is 0.0242. The smallest absolute Gasteiger partial charge is 0.337 e. The molecule has 24 heavy (non-hydrogen) atoms. The molecule has 1 saturated carbocycles. The number of hydrogen-bond acceptors (Lipinski definition) is 4. The zero-order valence-corrected chi connectivity index (χ0v) is 12.8. The molecule has 4 N–H and O–H groups in total. The van der Waals surface area contributed by atoms with Crippen molar-refractivity contribution >= 4 is 11.9 Å². The van der Waals surface area contributed by atoms with Gasteiger partial charge in [0.15, 0.2) is 0 Å². The summed E-state index contributed by atoms with van der Waals surface area (Å²) in [7, 11) is 0. The summed E-state index contributed by atoms with van der Waals surface area (Å²) in [6, 6.07) is 5.70. The quantitative estimate of drug-likeness (QED) is 0.777. The highest BCUT2D eigenvalue weighted by Gasteiger charge is 2.25. The van der Waals surface area contributed by atoms with Crippen molar-refractivity contribution in [2.45, 2.75) is 25.4 Å². The van der Waals surface area contributed by atoms with Gasteiger partial charge in [-0.05, 0) is 37.1 Å². The predicted molar refractivity (Wildman–Crippen MR) is 85.0 cm³/mol. The van der Waals surface area contributed by atoms with Crippen molar-refractivity contribution in [2.24, 2.45) is 5.73 Å². The maximum absolute atomic E-state index is 14.3. The number of carbonyl (C=O) groups is 2. The number of benzene rings is 1. The number of nitrogens with zero attached hydrogens (tertiary/aromatic N) is 1. The number of nitrogens with two attached hydrogens (primary N) is 1. The van der Waals surface area contributed by atoms with Crippen LogP contribution in [-0.4, -0.2) is 28.0 Å². The van der Waals surface area contributed by atoms with Gasteiger partial charge in [-0.25, -0.2) is 9.18 Å². The van der Waals surface area contributed by atoms with E-state index in [1.807, 2.05) is 0 Å². The van der Waals surface area contributed by atoms with Crippen LogP contribution in [0.2, 0.25) is 0 Å². The molecule has 1 heterocycles. The van der Waals surface area contributed by atoms with Crippen LogP contribution in [0, 0.1) is 5.82 Å². The van der Waals surface area contributed by atoms with E-state index in [1.54, 1.807) is 0 Å². The van der Waals surface area contributed by atoms with E-state index < -0.39 is 11.8 Å². The largest absolute Gasteiger partial charge is 0.478 e. The fourth-order valence-corrected chi connectivity index (χ4v) is 2.38. The van der Waals surface area contributed by atoms with Gasteiger partial charge in [0.1, 0.15) is 5.82 Å². The summed E-state index contributed by atoms with van der Waals surface area (Å²) < 4.78 is 14.3. The third kappa shape index (κ3) is 3.26. The molecule has 0 aliphatic heterocycles. The molecule has 0 unspecified atom stereocenters. The summed E-state index contributed by atoms with van der Waals surface area (Å²) in [4.78, 5) is 27.1. The minimum atomic E-state index is -1.10. The number of nitrogens with one attached hydrogen (secondary N) is 1. The van der Waals surface area contributed by atoms with Crippen molar-refractivity contribution in [1.29, 1.82) is 0 Å². The number of carbonyl (C=O) groups excluding carboxylic acids is 1. The van der Waals surface area contributed by atoms with Gasteiger partial charge in [0.05, 0.1) is 11.3 Å². The molecule has 2 aromatic rings. The number of pyridine rings is 1.